The second-order valence-corrected chi connectivity index (χ2v) is 5.42. The largest absolute Gasteiger partial charge is 0.383 e. The van der Waals surface area contributed by atoms with Crippen LogP contribution in [0.1, 0.15) is 17.0 Å². The van der Waals surface area contributed by atoms with Crippen LogP contribution >= 0.6 is 11.6 Å². The van der Waals surface area contributed by atoms with E-state index in [1.807, 2.05) is 37.4 Å². The molecular weight excluding hydrogens is 286 g/mol. The van der Waals surface area contributed by atoms with Gasteiger partial charge in [0.1, 0.15) is 11.5 Å². The van der Waals surface area contributed by atoms with E-state index in [9.17, 15) is 0 Å². The van der Waals surface area contributed by atoms with Crippen LogP contribution in [0.25, 0.3) is 16.6 Å². The van der Waals surface area contributed by atoms with Gasteiger partial charge in [0.2, 0.25) is 0 Å². The molecule has 1 aromatic carbocycles. The summed E-state index contributed by atoms with van der Waals surface area (Å²) in [6.07, 6.45) is 2.89. The average Bonchev–Trinajstić information content (AvgIpc) is 3.05. The van der Waals surface area contributed by atoms with Crippen LogP contribution in [0, 0.1) is 6.92 Å². The molecule has 0 aliphatic heterocycles. The summed E-state index contributed by atoms with van der Waals surface area (Å²) in [7, 11) is 0. The lowest BCUT2D eigenvalue weighted by molar-refractivity contribution is 0.395. The second-order valence-electron chi connectivity index (χ2n) is 4.98. The van der Waals surface area contributed by atoms with Crippen molar-refractivity contribution in [3.05, 3.63) is 59.1 Å². The Hall–Kier alpha value is -2.20. The summed E-state index contributed by atoms with van der Waals surface area (Å²) in [6.45, 7) is 6.60. The molecule has 4 nitrogen and oxygen atoms in total. The SMILES string of the molecule is C=C(NCCc1c[nH]c2ccc(Cl)cc12)c1cc(C)on1. The average molecular weight is 302 g/mol. The number of benzene rings is 1. The predicted molar refractivity (Wildman–Crippen MR) is 85.3 cm³/mol. The number of nitrogens with one attached hydrogen (secondary N) is 2. The van der Waals surface area contributed by atoms with Crippen molar-refractivity contribution in [2.45, 2.75) is 13.3 Å². The first kappa shape index (κ1) is 13.8. The first-order valence-corrected chi connectivity index (χ1v) is 7.13. The maximum atomic E-state index is 6.05. The van der Waals surface area contributed by atoms with E-state index >= 15 is 0 Å². The summed E-state index contributed by atoms with van der Waals surface area (Å²) in [5, 5.41) is 9.11. The van der Waals surface area contributed by atoms with Gasteiger partial charge in [-0.3, -0.25) is 0 Å². The van der Waals surface area contributed by atoms with Gasteiger partial charge in [-0.05, 0) is 37.1 Å². The molecule has 2 aromatic heterocycles. The van der Waals surface area contributed by atoms with Crippen molar-refractivity contribution < 1.29 is 4.52 Å². The highest BCUT2D eigenvalue weighted by molar-refractivity contribution is 6.31. The van der Waals surface area contributed by atoms with Gasteiger partial charge in [0.15, 0.2) is 0 Å². The van der Waals surface area contributed by atoms with Gasteiger partial charge in [0.05, 0.1) is 5.70 Å². The highest BCUT2D eigenvalue weighted by Crippen LogP contribution is 2.22. The van der Waals surface area contributed by atoms with Crippen molar-refractivity contribution in [1.82, 2.24) is 15.5 Å². The number of hydrogen-bond donors (Lipinski definition) is 2. The molecule has 0 saturated carbocycles. The van der Waals surface area contributed by atoms with E-state index in [2.05, 4.69) is 22.0 Å². The van der Waals surface area contributed by atoms with E-state index in [1.54, 1.807) is 0 Å². The molecule has 0 fully saturated rings. The predicted octanol–water partition coefficient (Wildman–Crippen LogP) is 3.92. The van der Waals surface area contributed by atoms with Crippen LogP contribution in [-0.4, -0.2) is 16.7 Å². The molecule has 2 N–H and O–H groups in total. The summed E-state index contributed by atoms with van der Waals surface area (Å²) in [4.78, 5) is 3.25. The molecule has 0 radical (unpaired) electrons. The molecule has 0 bridgehead atoms. The zero-order valence-electron chi connectivity index (χ0n) is 11.7. The number of aryl methyl sites for hydroxylation is 1. The fourth-order valence-electron chi connectivity index (χ4n) is 2.30. The molecule has 0 atom stereocenters. The van der Waals surface area contributed by atoms with Crippen molar-refractivity contribution >= 4 is 28.2 Å². The highest BCUT2D eigenvalue weighted by atomic mass is 35.5. The van der Waals surface area contributed by atoms with Gasteiger partial charge < -0.3 is 14.8 Å². The van der Waals surface area contributed by atoms with Gasteiger partial charge in [-0.1, -0.05) is 23.3 Å². The second kappa shape index (κ2) is 5.66. The van der Waals surface area contributed by atoms with Crippen molar-refractivity contribution in [2.24, 2.45) is 0 Å². The minimum Gasteiger partial charge on any atom is -0.383 e. The lowest BCUT2D eigenvalue weighted by atomic mass is 10.1. The lowest BCUT2D eigenvalue weighted by Gasteiger charge is -2.06. The molecule has 0 saturated heterocycles. The number of fused-ring (bicyclic) bond motifs is 1. The zero-order chi connectivity index (χ0) is 14.8. The van der Waals surface area contributed by atoms with Crippen molar-refractivity contribution in [1.29, 1.82) is 0 Å². The summed E-state index contributed by atoms with van der Waals surface area (Å²) in [6, 6.07) is 7.72. The van der Waals surface area contributed by atoms with E-state index < -0.39 is 0 Å². The Bertz CT molecular complexity index is 788. The normalized spacial score (nSPS) is 11.0. The third-order valence-corrected chi connectivity index (χ3v) is 3.63. The number of halogens is 1. The van der Waals surface area contributed by atoms with Gasteiger partial charge >= 0.3 is 0 Å². The molecule has 3 rings (SSSR count). The number of aromatic nitrogens is 2. The highest BCUT2D eigenvalue weighted by Gasteiger charge is 2.06. The van der Waals surface area contributed by atoms with Gasteiger partial charge in [0.25, 0.3) is 0 Å². The fraction of sp³-hybridized carbons (Fsp3) is 0.188. The van der Waals surface area contributed by atoms with Crippen LogP contribution in [0.15, 0.2) is 41.6 Å². The molecule has 3 aromatic rings. The monoisotopic (exact) mass is 301 g/mol. The van der Waals surface area contributed by atoms with Crippen LogP contribution < -0.4 is 5.32 Å². The van der Waals surface area contributed by atoms with Gasteiger partial charge in [-0.2, -0.15) is 0 Å². The molecule has 0 unspecified atom stereocenters. The van der Waals surface area contributed by atoms with Crippen molar-refractivity contribution in [3.8, 4) is 0 Å². The van der Waals surface area contributed by atoms with Crippen LogP contribution in [0.5, 0.6) is 0 Å². The van der Waals surface area contributed by atoms with Crippen molar-refractivity contribution in [2.75, 3.05) is 6.54 Å². The lowest BCUT2D eigenvalue weighted by Crippen LogP contribution is -2.15. The Kier molecular flexibility index (Phi) is 3.71. The first-order valence-electron chi connectivity index (χ1n) is 6.75. The van der Waals surface area contributed by atoms with Crippen LogP contribution in [0.3, 0.4) is 0 Å². The fourth-order valence-corrected chi connectivity index (χ4v) is 2.48. The number of nitrogens with zero attached hydrogens (tertiary/aromatic N) is 1. The molecule has 0 aliphatic rings. The molecule has 0 spiro atoms. The number of rotatable bonds is 5. The Balaban J connectivity index is 1.64. The number of hydrogen-bond acceptors (Lipinski definition) is 3. The molecule has 21 heavy (non-hydrogen) atoms. The van der Waals surface area contributed by atoms with Crippen LogP contribution in [0.2, 0.25) is 5.02 Å². The molecule has 5 heteroatoms. The number of aromatic amines is 1. The van der Waals surface area contributed by atoms with Crippen LogP contribution in [-0.2, 0) is 6.42 Å². The van der Waals surface area contributed by atoms with E-state index in [-0.39, 0.29) is 0 Å². The number of H-pyrrole nitrogens is 1. The van der Waals surface area contributed by atoms with E-state index in [1.165, 1.54) is 5.56 Å². The molecular formula is C16H16ClN3O. The standard InChI is InChI=1S/C16H16ClN3O/c1-10-7-16(20-21-10)11(2)18-6-5-12-9-19-15-4-3-13(17)8-14(12)15/h3-4,7-9,18-19H,2,5-6H2,1H3. The van der Waals surface area contributed by atoms with E-state index in [0.29, 0.717) is 0 Å². The third kappa shape index (κ3) is 2.95. The maximum absolute atomic E-state index is 6.05. The third-order valence-electron chi connectivity index (χ3n) is 3.40. The minimum atomic E-state index is 0.745. The van der Waals surface area contributed by atoms with Gasteiger partial charge in [-0.25, -0.2) is 0 Å². The Labute approximate surface area is 127 Å². The summed E-state index contributed by atoms with van der Waals surface area (Å²) in [5.41, 5.74) is 3.84. The molecule has 0 aliphatic carbocycles. The van der Waals surface area contributed by atoms with E-state index in [4.69, 9.17) is 16.1 Å². The zero-order valence-corrected chi connectivity index (χ0v) is 12.5. The molecule has 108 valence electrons. The quantitative estimate of drug-likeness (QED) is 0.751. The van der Waals surface area contributed by atoms with Gasteiger partial charge in [0, 0.05) is 34.7 Å². The molecule has 0 amide bonds. The Morgan fingerprint density at radius 2 is 2.29 bits per heavy atom. The Morgan fingerprint density at radius 1 is 1.43 bits per heavy atom. The Morgan fingerprint density at radius 3 is 3.05 bits per heavy atom. The van der Waals surface area contributed by atoms with E-state index in [0.717, 1.165) is 46.0 Å². The summed E-state index contributed by atoms with van der Waals surface area (Å²) in [5.74, 6) is 0.777. The van der Waals surface area contributed by atoms with Crippen molar-refractivity contribution in [3.63, 3.8) is 0 Å². The smallest absolute Gasteiger partial charge is 0.134 e. The molecule has 2 heterocycles. The topological polar surface area (TPSA) is 53.9 Å². The summed E-state index contributed by atoms with van der Waals surface area (Å²) >= 11 is 6.05. The van der Waals surface area contributed by atoms with Gasteiger partial charge in [-0.15, -0.1) is 0 Å². The maximum Gasteiger partial charge on any atom is 0.134 e. The minimum absolute atomic E-state index is 0.745. The van der Waals surface area contributed by atoms with Crippen LogP contribution in [0.4, 0.5) is 0 Å². The summed E-state index contributed by atoms with van der Waals surface area (Å²) < 4.78 is 5.04. The first-order chi connectivity index (χ1) is 10.1.